The topological polar surface area (TPSA) is 51.1 Å². The summed E-state index contributed by atoms with van der Waals surface area (Å²) < 4.78 is 28.6. The Balaban J connectivity index is 1.74. The molecule has 4 rings (SSSR count). The number of carbonyl (C=O) groups excluding carboxylic acids is 1. The van der Waals surface area contributed by atoms with Crippen LogP contribution in [0.15, 0.2) is 77.7 Å². The molecule has 0 bridgehead atoms. The maximum Gasteiger partial charge on any atom is 0.251 e. The number of hydrogen-bond acceptors (Lipinski definition) is 2. The van der Waals surface area contributed by atoms with Gasteiger partial charge in [0.2, 0.25) is 0 Å². The van der Waals surface area contributed by atoms with Crippen LogP contribution in [0, 0.1) is 11.6 Å². The number of rotatable bonds is 4. The van der Waals surface area contributed by atoms with Gasteiger partial charge in [0, 0.05) is 46.0 Å². The van der Waals surface area contributed by atoms with Gasteiger partial charge in [0.25, 0.3) is 5.91 Å². The van der Waals surface area contributed by atoms with E-state index < -0.39 is 17.5 Å². The van der Waals surface area contributed by atoms with Gasteiger partial charge >= 0.3 is 0 Å². The molecule has 4 aromatic rings. The number of halogens is 3. The number of pyridine rings is 1. The highest BCUT2D eigenvalue weighted by molar-refractivity contribution is 6.31. The second kappa shape index (κ2) is 8.08. The number of fused-ring (bicyclic) bond motifs is 1. The van der Waals surface area contributed by atoms with Gasteiger partial charge < -0.3 is 9.88 Å². The van der Waals surface area contributed by atoms with Crippen molar-refractivity contribution in [3.05, 3.63) is 111 Å². The van der Waals surface area contributed by atoms with E-state index in [4.69, 9.17) is 11.6 Å². The molecule has 1 aromatic heterocycles. The molecule has 0 fully saturated rings. The first-order valence-electron chi connectivity index (χ1n) is 9.06. The zero-order chi connectivity index (χ0) is 21.3. The van der Waals surface area contributed by atoms with Crippen LogP contribution in [-0.4, -0.2) is 10.5 Å². The van der Waals surface area contributed by atoms with Crippen LogP contribution in [0.4, 0.5) is 8.78 Å². The van der Waals surface area contributed by atoms with Gasteiger partial charge in [-0.3, -0.25) is 9.59 Å². The minimum absolute atomic E-state index is 0.110. The van der Waals surface area contributed by atoms with Crippen molar-refractivity contribution in [3.8, 4) is 5.69 Å². The van der Waals surface area contributed by atoms with Crippen molar-refractivity contribution in [3.63, 3.8) is 0 Å². The minimum Gasteiger partial charge on any atom is -0.348 e. The predicted molar refractivity (Wildman–Crippen MR) is 112 cm³/mol. The SMILES string of the molecule is O=C(NCc1cn(-c2ccccc2)c2cc(Cl)ccc2c1=O)c1cc(F)cc(F)c1. The minimum atomic E-state index is -0.853. The van der Waals surface area contributed by atoms with E-state index in [-0.39, 0.29) is 17.5 Å². The third-order valence-corrected chi connectivity index (χ3v) is 4.87. The quantitative estimate of drug-likeness (QED) is 0.509. The van der Waals surface area contributed by atoms with Crippen molar-refractivity contribution in [1.29, 1.82) is 0 Å². The summed E-state index contributed by atoms with van der Waals surface area (Å²) >= 11 is 6.13. The van der Waals surface area contributed by atoms with E-state index >= 15 is 0 Å². The summed E-state index contributed by atoms with van der Waals surface area (Å²) in [5, 5.41) is 3.48. The van der Waals surface area contributed by atoms with E-state index in [1.807, 2.05) is 34.9 Å². The summed E-state index contributed by atoms with van der Waals surface area (Å²) in [6, 6.07) is 16.9. The van der Waals surface area contributed by atoms with Gasteiger partial charge in [-0.05, 0) is 42.5 Å². The molecular formula is C23H15ClF2N2O2. The lowest BCUT2D eigenvalue weighted by Gasteiger charge is -2.14. The lowest BCUT2D eigenvalue weighted by atomic mass is 10.1. The van der Waals surface area contributed by atoms with E-state index in [9.17, 15) is 18.4 Å². The number of benzene rings is 3. The van der Waals surface area contributed by atoms with E-state index in [2.05, 4.69) is 5.32 Å². The molecule has 0 radical (unpaired) electrons. The van der Waals surface area contributed by atoms with Gasteiger partial charge in [0.05, 0.1) is 5.52 Å². The van der Waals surface area contributed by atoms with Crippen molar-refractivity contribution in [2.24, 2.45) is 0 Å². The fraction of sp³-hybridized carbons (Fsp3) is 0.0435. The largest absolute Gasteiger partial charge is 0.348 e. The van der Waals surface area contributed by atoms with E-state index in [1.54, 1.807) is 24.4 Å². The van der Waals surface area contributed by atoms with Crippen LogP contribution in [-0.2, 0) is 6.54 Å². The monoisotopic (exact) mass is 424 g/mol. The molecule has 0 atom stereocenters. The fourth-order valence-electron chi connectivity index (χ4n) is 3.24. The van der Waals surface area contributed by atoms with Crippen LogP contribution >= 0.6 is 11.6 Å². The summed E-state index contributed by atoms with van der Waals surface area (Å²) in [6.45, 7) is -0.110. The molecule has 0 saturated heterocycles. The van der Waals surface area contributed by atoms with Crippen molar-refractivity contribution >= 4 is 28.4 Å². The first-order chi connectivity index (χ1) is 14.4. The molecule has 3 aromatic carbocycles. The first kappa shape index (κ1) is 19.8. The molecular weight excluding hydrogens is 410 g/mol. The van der Waals surface area contributed by atoms with Gasteiger partial charge in [-0.1, -0.05) is 29.8 Å². The van der Waals surface area contributed by atoms with Crippen LogP contribution in [0.25, 0.3) is 16.6 Å². The van der Waals surface area contributed by atoms with Gasteiger partial charge in [-0.2, -0.15) is 0 Å². The average Bonchev–Trinajstić information content (AvgIpc) is 2.73. The van der Waals surface area contributed by atoms with Crippen molar-refractivity contribution < 1.29 is 13.6 Å². The summed E-state index contributed by atoms with van der Waals surface area (Å²) in [7, 11) is 0. The molecule has 30 heavy (non-hydrogen) atoms. The highest BCUT2D eigenvalue weighted by atomic mass is 35.5. The zero-order valence-electron chi connectivity index (χ0n) is 15.5. The van der Waals surface area contributed by atoms with Crippen LogP contribution in [0.5, 0.6) is 0 Å². The molecule has 1 amide bonds. The molecule has 0 aliphatic carbocycles. The Kier molecular flexibility index (Phi) is 5.33. The number of amides is 1. The number of carbonyl (C=O) groups is 1. The number of nitrogens with zero attached hydrogens (tertiary/aromatic N) is 1. The van der Waals surface area contributed by atoms with Crippen LogP contribution in [0.1, 0.15) is 15.9 Å². The molecule has 4 nitrogen and oxygen atoms in total. The lowest BCUT2D eigenvalue weighted by molar-refractivity contribution is 0.0950. The normalized spacial score (nSPS) is 10.9. The van der Waals surface area contributed by atoms with Crippen LogP contribution < -0.4 is 10.7 Å². The summed E-state index contributed by atoms with van der Waals surface area (Å²) in [5.41, 5.74) is 1.33. The van der Waals surface area contributed by atoms with E-state index in [0.717, 1.165) is 17.8 Å². The summed E-state index contributed by atoms with van der Waals surface area (Å²) in [4.78, 5) is 25.3. The molecule has 1 heterocycles. The van der Waals surface area contributed by atoms with Gasteiger partial charge in [-0.25, -0.2) is 8.78 Å². The smallest absolute Gasteiger partial charge is 0.251 e. The van der Waals surface area contributed by atoms with Crippen LogP contribution in [0.2, 0.25) is 5.02 Å². The van der Waals surface area contributed by atoms with Gasteiger partial charge in [0.1, 0.15) is 11.6 Å². The standard InChI is InChI=1S/C23H15ClF2N2O2/c24-16-6-7-20-21(10-16)28(19-4-2-1-3-5-19)13-15(22(20)29)12-27-23(30)14-8-17(25)11-18(26)9-14/h1-11,13H,12H2,(H,27,30). The third kappa shape index (κ3) is 3.95. The molecule has 0 aliphatic rings. The molecule has 7 heteroatoms. The van der Waals surface area contributed by atoms with Gasteiger partial charge in [-0.15, -0.1) is 0 Å². The number of para-hydroxylation sites is 1. The second-order valence-corrected chi connectivity index (χ2v) is 7.13. The predicted octanol–water partition coefficient (Wildman–Crippen LogP) is 4.85. The zero-order valence-corrected chi connectivity index (χ0v) is 16.3. The summed E-state index contributed by atoms with van der Waals surface area (Å²) in [5.74, 6) is -2.39. The van der Waals surface area contributed by atoms with Crippen molar-refractivity contribution in [2.75, 3.05) is 0 Å². The fourth-order valence-corrected chi connectivity index (χ4v) is 3.41. The Morgan fingerprint density at radius 2 is 1.67 bits per heavy atom. The number of aromatic nitrogens is 1. The second-order valence-electron chi connectivity index (χ2n) is 6.69. The Labute approximate surface area is 175 Å². The number of hydrogen-bond donors (Lipinski definition) is 1. The molecule has 150 valence electrons. The van der Waals surface area contributed by atoms with Crippen molar-refractivity contribution in [1.82, 2.24) is 9.88 Å². The third-order valence-electron chi connectivity index (χ3n) is 4.64. The number of nitrogens with one attached hydrogen (secondary N) is 1. The highest BCUT2D eigenvalue weighted by Crippen LogP contribution is 2.21. The van der Waals surface area contributed by atoms with E-state index in [1.165, 1.54) is 0 Å². The molecule has 0 unspecified atom stereocenters. The average molecular weight is 425 g/mol. The Morgan fingerprint density at radius 1 is 0.967 bits per heavy atom. The molecule has 0 aliphatic heterocycles. The summed E-state index contributed by atoms with van der Waals surface area (Å²) in [6.07, 6.45) is 1.63. The molecule has 0 spiro atoms. The van der Waals surface area contributed by atoms with Crippen molar-refractivity contribution in [2.45, 2.75) is 6.54 Å². The van der Waals surface area contributed by atoms with Gasteiger partial charge in [0.15, 0.2) is 5.43 Å². The lowest BCUT2D eigenvalue weighted by Crippen LogP contribution is -2.27. The Bertz CT molecular complexity index is 1300. The van der Waals surface area contributed by atoms with E-state index in [0.29, 0.717) is 27.6 Å². The maximum atomic E-state index is 13.4. The highest BCUT2D eigenvalue weighted by Gasteiger charge is 2.14. The Hall–Kier alpha value is -3.51. The first-order valence-corrected chi connectivity index (χ1v) is 9.44. The molecule has 1 N–H and O–H groups in total. The molecule has 0 saturated carbocycles. The Morgan fingerprint density at radius 3 is 2.37 bits per heavy atom. The maximum absolute atomic E-state index is 13.4. The van der Waals surface area contributed by atoms with Crippen LogP contribution in [0.3, 0.4) is 0 Å².